The lowest BCUT2D eigenvalue weighted by Gasteiger charge is -2.72. The van der Waals surface area contributed by atoms with Crippen molar-refractivity contribution in [3.8, 4) is 0 Å². The molecule has 0 aromatic rings. The number of nitrogens with zero attached hydrogens (tertiary/aromatic N) is 3. The molecule has 0 aromatic carbocycles. The molecule has 0 saturated carbocycles. The zero-order valence-corrected chi connectivity index (χ0v) is 26.3. The summed E-state index contributed by atoms with van der Waals surface area (Å²) in [7, 11) is -7.83. The van der Waals surface area contributed by atoms with E-state index in [9.17, 15) is 0 Å². The van der Waals surface area contributed by atoms with Crippen LogP contribution in [-0.2, 0) is 4.12 Å². The van der Waals surface area contributed by atoms with Crippen LogP contribution in [0.2, 0.25) is 62.5 Å². The minimum absolute atomic E-state index is 0.200. The Labute approximate surface area is 181 Å². The minimum Gasteiger partial charge on any atom is -0.406 e. The Morgan fingerprint density at radius 1 is 0.893 bits per heavy atom. The molecule has 0 bridgehead atoms. The van der Waals surface area contributed by atoms with Crippen molar-refractivity contribution in [1.82, 2.24) is 12.9 Å². The van der Waals surface area contributed by atoms with Crippen LogP contribution in [0.25, 0.3) is 0 Å². The third-order valence-electron chi connectivity index (χ3n) is 5.93. The summed E-state index contributed by atoms with van der Waals surface area (Å²) in [6.45, 7) is 31.8. The topological polar surface area (TPSA) is 19.0 Å². The molecule has 1 rings (SSSR count). The zero-order valence-electron chi connectivity index (χ0n) is 21.3. The summed E-state index contributed by atoms with van der Waals surface area (Å²) in [4.78, 5) is 0. The summed E-state index contributed by atoms with van der Waals surface area (Å²) in [6.07, 6.45) is 1.00. The molecule has 0 N–H and O–H groups in total. The maximum Gasteiger partial charge on any atom is 0.448 e. The van der Waals surface area contributed by atoms with Crippen LogP contribution in [0.4, 0.5) is 4.48 Å². The molecule has 1 unspecified atom stereocenters. The van der Waals surface area contributed by atoms with Gasteiger partial charge in [-0.1, -0.05) is 93.9 Å². The molecule has 10 heteroatoms. The van der Waals surface area contributed by atoms with E-state index in [2.05, 4.69) is 109 Å². The Hall–Kier alpha value is 0.854. The third-order valence-corrected chi connectivity index (χ3v) is 28.0. The predicted molar refractivity (Wildman–Crippen MR) is 134 cm³/mol. The summed E-state index contributed by atoms with van der Waals surface area (Å²) >= 11 is 0. The van der Waals surface area contributed by atoms with Crippen molar-refractivity contribution in [2.24, 2.45) is 0 Å². The normalized spacial score (nSPS) is 25.0. The van der Waals surface area contributed by atoms with Crippen LogP contribution in [0.15, 0.2) is 0 Å². The molecule has 1 aliphatic rings. The van der Waals surface area contributed by atoms with Gasteiger partial charge in [-0.25, -0.2) is 0 Å². The van der Waals surface area contributed by atoms with Crippen molar-refractivity contribution in [3.63, 3.8) is 0 Å². The van der Waals surface area contributed by atoms with Gasteiger partial charge in [0.25, 0.3) is 0 Å². The molecule has 1 radical (unpaired) electrons. The van der Waals surface area contributed by atoms with Gasteiger partial charge in [0.15, 0.2) is 0 Å². The smallest absolute Gasteiger partial charge is 0.406 e. The van der Waals surface area contributed by atoms with E-state index in [4.69, 9.17) is 4.12 Å². The van der Waals surface area contributed by atoms with Gasteiger partial charge in [-0.3, -0.25) is 0 Å². The second-order valence-electron chi connectivity index (χ2n) is 12.8. The molecular weight excluding hydrogens is 434 g/mol. The summed E-state index contributed by atoms with van der Waals surface area (Å²) in [5.41, 5.74) is 0. The summed E-state index contributed by atoms with van der Waals surface area (Å²) in [5, 5.41) is -0.401. The lowest BCUT2D eigenvalue weighted by atomic mass is 10.2. The van der Waals surface area contributed by atoms with Crippen molar-refractivity contribution in [1.29, 1.82) is 0 Å². The lowest BCUT2D eigenvalue weighted by molar-refractivity contribution is 0.0352. The van der Waals surface area contributed by atoms with Crippen LogP contribution in [0.5, 0.6) is 0 Å². The van der Waals surface area contributed by atoms with Crippen molar-refractivity contribution >= 4 is 42.5 Å². The number of rotatable bonds is 6. The van der Waals surface area contributed by atoms with Crippen LogP contribution in [0, 0.1) is 0 Å². The first-order valence-electron chi connectivity index (χ1n) is 10.5. The summed E-state index contributed by atoms with van der Waals surface area (Å²) < 4.78 is 30.6. The fraction of sp³-hybridized carbons (Fsp3) is 1.00. The Balaban J connectivity index is 3.75. The van der Waals surface area contributed by atoms with E-state index in [1.54, 1.807) is 0 Å². The van der Waals surface area contributed by atoms with Crippen molar-refractivity contribution in [3.05, 3.63) is 0 Å². The molecule has 1 heterocycles. The van der Waals surface area contributed by atoms with Gasteiger partial charge in [0, 0.05) is 0 Å². The highest BCUT2D eigenvalue weighted by Crippen LogP contribution is 2.62. The maximum absolute atomic E-state index is 17.0. The van der Waals surface area contributed by atoms with Gasteiger partial charge in [0.2, 0.25) is 0 Å². The Kier molecular flexibility index (Phi) is 7.46. The van der Waals surface area contributed by atoms with E-state index in [0.29, 0.717) is 0 Å². The minimum atomic E-state index is -3.02. The summed E-state index contributed by atoms with van der Waals surface area (Å²) in [6, 6.07) is 0. The van der Waals surface area contributed by atoms with Crippen molar-refractivity contribution in [2.75, 3.05) is 13.2 Å². The largest absolute Gasteiger partial charge is 0.448 e. The monoisotopic (exact) mass is 480 g/mol. The van der Waals surface area contributed by atoms with Crippen molar-refractivity contribution < 1.29 is 8.60 Å². The second-order valence-corrected chi connectivity index (χ2v) is 35.0. The lowest BCUT2D eigenvalue weighted by Crippen LogP contribution is -2.98. The molecule has 1 atom stereocenters. The third kappa shape index (κ3) is 4.27. The molecule has 167 valence electrons. The van der Waals surface area contributed by atoms with Crippen molar-refractivity contribution in [2.45, 2.75) is 104 Å². The van der Waals surface area contributed by atoms with Crippen LogP contribution in [-0.4, -0.2) is 68.7 Å². The molecular formula is C18H47FN3OSi5. The number of hydrogen-bond donors (Lipinski definition) is 0. The molecule has 0 aliphatic carbocycles. The number of hydrogen-bond acceptors (Lipinski definition) is 4. The second kappa shape index (κ2) is 7.77. The van der Waals surface area contributed by atoms with E-state index >= 15 is 4.48 Å². The van der Waals surface area contributed by atoms with Gasteiger partial charge < -0.3 is 12.6 Å². The first-order valence-corrected chi connectivity index (χ1v) is 23.7. The molecule has 0 spiro atoms. The van der Waals surface area contributed by atoms with E-state index < -0.39 is 42.5 Å². The highest BCUT2D eigenvalue weighted by molar-refractivity contribution is 7.07. The van der Waals surface area contributed by atoms with Gasteiger partial charge in [0.05, 0.1) is 8.80 Å². The molecule has 4 nitrogen and oxygen atoms in total. The Morgan fingerprint density at radius 2 is 1.29 bits per heavy atom. The zero-order chi connectivity index (χ0) is 22.7. The molecule has 1 fully saturated rings. The number of halogens is 1. The molecule has 1 aliphatic heterocycles. The average molecular weight is 481 g/mol. The first kappa shape index (κ1) is 26.9. The van der Waals surface area contributed by atoms with Gasteiger partial charge >= 0.3 is 17.3 Å². The predicted octanol–water partition coefficient (Wildman–Crippen LogP) is 5.88. The highest BCUT2D eigenvalue weighted by atomic mass is 28.5. The average Bonchev–Trinajstić information content (AvgIpc) is 2.39. The maximum atomic E-state index is 17.0. The highest BCUT2D eigenvalue weighted by Gasteiger charge is 2.82. The van der Waals surface area contributed by atoms with Gasteiger partial charge in [-0.2, -0.15) is 0 Å². The van der Waals surface area contributed by atoms with E-state index in [1.807, 2.05) is 0 Å². The van der Waals surface area contributed by atoms with Gasteiger partial charge in [-0.15, -0.1) is 8.93 Å². The first-order chi connectivity index (χ1) is 12.1. The van der Waals surface area contributed by atoms with Crippen LogP contribution < -0.4 is 0 Å². The van der Waals surface area contributed by atoms with Crippen LogP contribution in [0.3, 0.4) is 0 Å². The fourth-order valence-electron chi connectivity index (χ4n) is 4.54. The van der Waals surface area contributed by atoms with Crippen LogP contribution in [0.1, 0.15) is 41.5 Å². The van der Waals surface area contributed by atoms with Gasteiger partial charge in [-0.05, 0) is 23.3 Å². The molecule has 0 amide bonds. The standard InChI is InChI=1S/C18H47FN3OSi5/c1-17(2,3)27(18(4,5)6)22(19)28(23-27,20(7)25(10,11)12)21(16-24(8)9)26(13,14)15/h16H2,1-15H3. The molecule has 28 heavy (non-hydrogen) atoms. The van der Waals surface area contributed by atoms with E-state index in [0.717, 1.165) is 6.17 Å². The fourth-order valence-corrected chi connectivity index (χ4v) is 33.9. The molecule has 0 aromatic heterocycles. The SMILES string of the molecule is CN([Si](C)(C)C)[Si]1(N(C[Si](C)C)[Si](C)(C)C)O[Si](C(C)(C)C)(C(C)(C)C)N1F. The Bertz CT molecular complexity index is 552. The quantitative estimate of drug-likeness (QED) is 0.349. The van der Waals surface area contributed by atoms with Crippen LogP contribution >= 0.6 is 0 Å². The summed E-state index contributed by atoms with van der Waals surface area (Å²) in [5.74, 6) is 0. The van der Waals surface area contributed by atoms with E-state index in [1.165, 1.54) is 4.45 Å². The van der Waals surface area contributed by atoms with E-state index in [-0.39, 0.29) is 10.1 Å². The van der Waals surface area contributed by atoms with Gasteiger partial charge in [0.1, 0.15) is 16.5 Å². The molecule has 1 saturated heterocycles. The Morgan fingerprint density at radius 3 is 1.50 bits per heavy atom.